The Balaban J connectivity index is 2.26. The van der Waals surface area contributed by atoms with E-state index < -0.39 is 11.4 Å². The molecular formula is C14H15NO2S. The number of benzene rings is 1. The van der Waals surface area contributed by atoms with Crippen molar-refractivity contribution in [3.05, 3.63) is 28.8 Å². The minimum atomic E-state index is -0.708. The van der Waals surface area contributed by atoms with E-state index in [-0.39, 0.29) is 0 Å². The fourth-order valence-electron chi connectivity index (χ4n) is 3.02. The highest BCUT2D eigenvalue weighted by molar-refractivity contribution is 7.18. The summed E-state index contributed by atoms with van der Waals surface area (Å²) in [6.07, 6.45) is 3.45. The molecule has 0 spiro atoms. The second kappa shape index (κ2) is 4.05. The minimum Gasteiger partial charge on any atom is -0.481 e. The number of fused-ring (bicyclic) bond motifs is 1. The summed E-state index contributed by atoms with van der Waals surface area (Å²) >= 11 is 1.63. The molecule has 0 unspecified atom stereocenters. The SMILES string of the molecule is Cc1nc2c(C3(C(=O)O)CCCC3)cccc2s1. The van der Waals surface area contributed by atoms with Crippen molar-refractivity contribution in [1.82, 2.24) is 4.98 Å². The zero-order chi connectivity index (χ0) is 12.8. The van der Waals surface area contributed by atoms with Crippen LogP contribution in [0.25, 0.3) is 10.2 Å². The molecule has 0 bridgehead atoms. The van der Waals surface area contributed by atoms with Crippen LogP contribution in [0.3, 0.4) is 0 Å². The first-order chi connectivity index (χ1) is 8.63. The summed E-state index contributed by atoms with van der Waals surface area (Å²) in [7, 11) is 0. The van der Waals surface area contributed by atoms with Crippen molar-refractivity contribution >= 4 is 27.5 Å². The Kier molecular flexibility index (Phi) is 2.63. The lowest BCUT2D eigenvalue weighted by Crippen LogP contribution is -2.32. The highest BCUT2D eigenvalue weighted by atomic mass is 32.1. The zero-order valence-electron chi connectivity index (χ0n) is 10.3. The Morgan fingerprint density at radius 1 is 1.39 bits per heavy atom. The van der Waals surface area contributed by atoms with Crippen molar-refractivity contribution in [1.29, 1.82) is 0 Å². The van der Waals surface area contributed by atoms with Gasteiger partial charge in [-0.3, -0.25) is 4.79 Å². The van der Waals surface area contributed by atoms with Crippen LogP contribution >= 0.6 is 11.3 Å². The van der Waals surface area contributed by atoms with Crippen molar-refractivity contribution in [3.8, 4) is 0 Å². The summed E-state index contributed by atoms with van der Waals surface area (Å²) in [6, 6.07) is 5.92. The van der Waals surface area contributed by atoms with Crippen molar-refractivity contribution in [2.45, 2.75) is 38.0 Å². The van der Waals surface area contributed by atoms with Gasteiger partial charge in [-0.05, 0) is 31.4 Å². The third-order valence-electron chi connectivity index (χ3n) is 3.91. The van der Waals surface area contributed by atoms with Crippen LogP contribution in [0.15, 0.2) is 18.2 Å². The van der Waals surface area contributed by atoms with Crippen LogP contribution in [0.1, 0.15) is 36.3 Å². The molecule has 0 atom stereocenters. The number of nitrogens with zero attached hydrogens (tertiary/aromatic N) is 1. The van der Waals surface area contributed by atoms with E-state index in [4.69, 9.17) is 0 Å². The van der Waals surface area contributed by atoms with Crippen LogP contribution in [0.2, 0.25) is 0 Å². The predicted octanol–water partition coefficient (Wildman–Crippen LogP) is 3.50. The van der Waals surface area contributed by atoms with Gasteiger partial charge in [-0.15, -0.1) is 11.3 Å². The summed E-state index contributed by atoms with van der Waals surface area (Å²) in [5, 5.41) is 10.7. The Hall–Kier alpha value is -1.42. The molecule has 1 aliphatic rings. The van der Waals surface area contributed by atoms with Gasteiger partial charge >= 0.3 is 5.97 Å². The monoisotopic (exact) mass is 261 g/mol. The van der Waals surface area contributed by atoms with Gasteiger partial charge < -0.3 is 5.11 Å². The van der Waals surface area contributed by atoms with Crippen LogP contribution in [0.4, 0.5) is 0 Å². The zero-order valence-corrected chi connectivity index (χ0v) is 11.1. The molecular weight excluding hydrogens is 246 g/mol. The van der Waals surface area contributed by atoms with Gasteiger partial charge in [0.1, 0.15) is 0 Å². The van der Waals surface area contributed by atoms with E-state index in [0.717, 1.165) is 46.5 Å². The van der Waals surface area contributed by atoms with Gasteiger partial charge in [-0.2, -0.15) is 0 Å². The van der Waals surface area contributed by atoms with Crippen LogP contribution in [-0.4, -0.2) is 16.1 Å². The van der Waals surface area contributed by atoms with Crippen LogP contribution in [0, 0.1) is 6.92 Å². The molecule has 2 aromatic rings. The average Bonchev–Trinajstić information content (AvgIpc) is 2.93. The molecule has 0 radical (unpaired) electrons. The Morgan fingerprint density at radius 2 is 2.11 bits per heavy atom. The third kappa shape index (κ3) is 1.56. The van der Waals surface area contributed by atoms with Crippen LogP contribution in [0.5, 0.6) is 0 Å². The molecule has 0 aliphatic heterocycles. The van der Waals surface area contributed by atoms with Gasteiger partial charge in [0.2, 0.25) is 0 Å². The van der Waals surface area contributed by atoms with Crippen LogP contribution < -0.4 is 0 Å². The molecule has 1 N–H and O–H groups in total. The second-order valence-electron chi connectivity index (χ2n) is 4.98. The van der Waals surface area contributed by atoms with E-state index >= 15 is 0 Å². The number of aliphatic carboxylic acids is 1. The minimum absolute atomic E-state index is 0.696. The van der Waals surface area contributed by atoms with Gasteiger partial charge in [-0.25, -0.2) is 4.98 Å². The molecule has 3 rings (SSSR count). The molecule has 3 nitrogen and oxygen atoms in total. The van der Waals surface area contributed by atoms with E-state index in [9.17, 15) is 9.90 Å². The first-order valence-corrected chi connectivity index (χ1v) is 7.05. The number of aromatic nitrogens is 1. The molecule has 1 aliphatic carbocycles. The molecule has 0 amide bonds. The van der Waals surface area contributed by atoms with Gasteiger partial charge in [-0.1, -0.05) is 25.0 Å². The molecule has 18 heavy (non-hydrogen) atoms. The molecule has 4 heteroatoms. The van der Waals surface area contributed by atoms with E-state index in [2.05, 4.69) is 4.98 Å². The lowest BCUT2D eigenvalue weighted by molar-refractivity contribution is -0.143. The van der Waals surface area contributed by atoms with Crippen molar-refractivity contribution in [2.75, 3.05) is 0 Å². The smallest absolute Gasteiger partial charge is 0.314 e. The van der Waals surface area contributed by atoms with Gasteiger partial charge in [0.25, 0.3) is 0 Å². The summed E-state index contributed by atoms with van der Waals surface area (Å²) in [4.78, 5) is 16.3. The molecule has 1 saturated carbocycles. The number of carboxylic acid groups (broad SMARTS) is 1. The quantitative estimate of drug-likeness (QED) is 0.900. The highest BCUT2D eigenvalue weighted by Gasteiger charge is 2.44. The van der Waals surface area contributed by atoms with Crippen molar-refractivity contribution in [2.24, 2.45) is 0 Å². The molecule has 1 fully saturated rings. The fourth-order valence-corrected chi connectivity index (χ4v) is 3.88. The number of hydrogen-bond donors (Lipinski definition) is 1. The van der Waals surface area contributed by atoms with E-state index in [1.807, 2.05) is 25.1 Å². The molecule has 1 aromatic carbocycles. The number of carbonyl (C=O) groups is 1. The Labute approximate surface area is 109 Å². The van der Waals surface area contributed by atoms with Gasteiger partial charge in [0.05, 0.1) is 20.6 Å². The Bertz CT molecular complexity index is 611. The van der Waals surface area contributed by atoms with E-state index in [1.165, 1.54) is 0 Å². The maximum Gasteiger partial charge on any atom is 0.314 e. The topological polar surface area (TPSA) is 50.2 Å². The van der Waals surface area contributed by atoms with Crippen molar-refractivity contribution in [3.63, 3.8) is 0 Å². The second-order valence-corrected chi connectivity index (χ2v) is 6.21. The number of hydrogen-bond acceptors (Lipinski definition) is 3. The maximum absolute atomic E-state index is 11.8. The Morgan fingerprint density at radius 3 is 2.78 bits per heavy atom. The third-order valence-corrected chi connectivity index (χ3v) is 4.84. The van der Waals surface area contributed by atoms with E-state index in [0.29, 0.717) is 0 Å². The largest absolute Gasteiger partial charge is 0.481 e. The molecule has 1 heterocycles. The number of rotatable bonds is 2. The normalized spacial score (nSPS) is 18.3. The molecule has 0 saturated heterocycles. The number of carboxylic acids is 1. The standard InChI is InChI=1S/C14H15NO2S/c1-9-15-12-10(5-4-6-11(12)18-9)14(13(16)17)7-2-3-8-14/h4-6H,2-3,7-8H2,1H3,(H,16,17). The fraction of sp³-hybridized carbons (Fsp3) is 0.429. The summed E-state index contributed by atoms with van der Waals surface area (Å²) in [6.45, 7) is 1.97. The summed E-state index contributed by atoms with van der Waals surface area (Å²) in [5.41, 5.74) is 1.10. The first-order valence-electron chi connectivity index (χ1n) is 6.23. The summed E-state index contributed by atoms with van der Waals surface area (Å²) in [5.74, 6) is -0.696. The van der Waals surface area contributed by atoms with Crippen molar-refractivity contribution < 1.29 is 9.90 Å². The number of para-hydroxylation sites is 1. The first kappa shape index (κ1) is 11.7. The maximum atomic E-state index is 11.8. The van der Waals surface area contributed by atoms with Crippen LogP contribution in [-0.2, 0) is 10.2 Å². The van der Waals surface area contributed by atoms with E-state index in [1.54, 1.807) is 11.3 Å². The van der Waals surface area contributed by atoms with Gasteiger partial charge in [0.15, 0.2) is 0 Å². The summed E-state index contributed by atoms with van der Waals surface area (Å²) < 4.78 is 1.09. The lowest BCUT2D eigenvalue weighted by atomic mass is 9.78. The lowest BCUT2D eigenvalue weighted by Gasteiger charge is -2.24. The average molecular weight is 261 g/mol. The number of aryl methyl sites for hydroxylation is 1. The molecule has 1 aromatic heterocycles. The number of thiazole rings is 1. The highest BCUT2D eigenvalue weighted by Crippen LogP contribution is 2.44. The predicted molar refractivity (Wildman–Crippen MR) is 72.1 cm³/mol. The molecule has 94 valence electrons. The van der Waals surface area contributed by atoms with Gasteiger partial charge in [0, 0.05) is 0 Å².